The molecule has 0 saturated carbocycles. The molecule has 4 aromatic rings. The van der Waals surface area contributed by atoms with Gasteiger partial charge >= 0.3 is 0 Å². The Hall–Kier alpha value is -3.83. The number of para-hydroxylation sites is 1. The van der Waals surface area contributed by atoms with Gasteiger partial charge in [-0.2, -0.15) is 0 Å². The SMILES string of the molecule is COc1cc(C2CCN(C(F)C(O)C(F)F)CC2)ccc1Nc1ncc2ccc(-c3ccccc3OC)n2n1. The number of halogens is 3. The van der Waals surface area contributed by atoms with Crippen molar-refractivity contribution in [3.8, 4) is 22.8 Å². The molecule has 2 aromatic carbocycles. The summed E-state index contributed by atoms with van der Waals surface area (Å²) in [6.07, 6.45) is -4.61. The number of likely N-dealkylation sites (tertiary alicyclic amines) is 1. The number of anilines is 2. The fraction of sp³-hybridized carbons (Fsp3) is 0.357. The fourth-order valence-electron chi connectivity index (χ4n) is 5.02. The van der Waals surface area contributed by atoms with Gasteiger partial charge in [0.2, 0.25) is 5.95 Å². The predicted molar refractivity (Wildman–Crippen MR) is 142 cm³/mol. The van der Waals surface area contributed by atoms with Gasteiger partial charge in [0.1, 0.15) is 11.5 Å². The van der Waals surface area contributed by atoms with Gasteiger partial charge in [-0.05, 0) is 60.7 Å². The van der Waals surface area contributed by atoms with Crippen LogP contribution in [0.1, 0.15) is 24.3 Å². The summed E-state index contributed by atoms with van der Waals surface area (Å²) in [5.74, 6) is 1.81. The van der Waals surface area contributed by atoms with Crippen molar-refractivity contribution in [3.05, 3.63) is 66.4 Å². The highest BCUT2D eigenvalue weighted by molar-refractivity contribution is 5.72. The van der Waals surface area contributed by atoms with Crippen molar-refractivity contribution in [2.24, 2.45) is 0 Å². The Morgan fingerprint density at radius 1 is 0.974 bits per heavy atom. The largest absolute Gasteiger partial charge is 0.496 e. The molecule has 11 heteroatoms. The number of aliphatic hydroxyl groups excluding tert-OH is 1. The van der Waals surface area contributed by atoms with Crippen LogP contribution in [-0.4, -0.2) is 70.7 Å². The summed E-state index contributed by atoms with van der Waals surface area (Å²) in [6, 6.07) is 17.4. The molecule has 1 aliphatic heterocycles. The average molecular weight is 542 g/mol. The Bertz CT molecular complexity index is 1420. The number of aliphatic hydroxyl groups is 1. The van der Waals surface area contributed by atoms with E-state index < -0.39 is 18.8 Å². The molecule has 1 aliphatic rings. The quantitative estimate of drug-likeness (QED) is 0.280. The van der Waals surface area contributed by atoms with Gasteiger partial charge in [-0.25, -0.2) is 22.7 Å². The number of hydrogen-bond donors (Lipinski definition) is 2. The van der Waals surface area contributed by atoms with Crippen LogP contribution in [0.4, 0.5) is 24.8 Å². The molecule has 2 aromatic heterocycles. The van der Waals surface area contributed by atoms with Gasteiger partial charge in [0, 0.05) is 18.7 Å². The third-order valence-electron chi connectivity index (χ3n) is 7.14. The number of aromatic nitrogens is 3. The molecule has 1 saturated heterocycles. The second-order valence-electron chi connectivity index (χ2n) is 9.43. The molecule has 0 bridgehead atoms. The van der Waals surface area contributed by atoms with Crippen LogP contribution >= 0.6 is 0 Å². The van der Waals surface area contributed by atoms with E-state index in [0.717, 1.165) is 28.1 Å². The fourth-order valence-corrected chi connectivity index (χ4v) is 5.02. The van der Waals surface area contributed by atoms with E-state index in [1.165, 1.54) is 4.90 Å². The van der Waals surface area contributed by atoms with Gasteiger partial charge in [0.25, 0.3) is 6.43 Å². The van der Waals surface area contributed by atoms with Crippen LogP contribution in [0.15, 0.2) is 60.8 Å². The summed E-state index contributed by atoms with van der Waals surface area (Å²) >= 11 is 0. The molecule has 206 valence electrons. The van der Waals surface area contributed by atoms with Crippen molar-refractivity contribution in [1.29, 1.82) is 0 Å². The van der Waals surface area contributed by atoms with Gasteiger partial charge < -0.3 is 19.9 Å². The molecular formula is C28H30F3N5O3. The van der Waals surface area contributed by atoms with Crippen LogP contribution < -0.4 is 14.8 Å². The lowest BCUT2D eigenvalue weighted by atomic mass is 9.89. The van der Waals surface area contributed by atoms with Crippen molar-refractivity contribution in [2.75, 3.05) is 32.6 Å². The second kappa shape index (κ2) is 11.5. The lowest BCUT2D eigenvalue weighted by Crippen LogP contribution is -2.47. The zero-order chi connectivity index (χ0) is 27.5. The standard InChI is InChI=1S/C28H30F3N5O3/c1-38-23-6-4-3-5-20(23)22-10-8-19-16-32-28(34-36(19)22)33-21-9-7-18(15-24(21)39-2)17-11-13-35(14-12-17)27(31)25(37)26(29)30/h3-10,15-17,25-27,37H,11-14H2,1-2H3,(H,33,34). The molecule has 0 aliphatic carbocycles. The van der Waals surface area contributed by atoms with Gasteiger partial charge in [0.05, 0.1) is 37.3 Å². The van der Waals surface area contributed by atoms with Gasteiger partial charge in [-0.1, -0.05) is 18.2 Å². The summed E-state index contributed by atoms with van der Waals surface area (Å²) < 4.78 is 52.6. The smallest absolute Gasteiger partial charge is 0.268 e. The van der Waals surface area contributed by atoms with E-state index in [0.29, 0.717) is 30.2 Å². The first-order valence-electron chi connectivity index (χ1n) is 12.7. The Morgan fingerprint density at radius 3 is 2.44 bits per heavy atom. The van der Waals surface area contributed by atoms with Gasteiger partial charge in [0.15, 0.2) is 12.4 Å². The minimum Gasteiger partial charge on any atom is -0.496 e. The normalized spacial score (nSPS) is 16.4. The molecule has 0 amide bonds. The van der Waals surface area contributed by atoms with Crippen LogP contribution in [0.5, 0.6) is 11.5 Å². The maximum absolute atomic E-state index is 14.2. The van der Waals surface area contributed by atoms with E-state index in [2.05, 4.69) is 15.4 Å². The zero-order valence-corrected chi connectivity index (χ0v) is 21.6. The number of fused-ring (bicyclic) bond motifs is 1. The lowest BCUT2D eigenvalue weighted by molar-refractivity contribution is -0.106. The van der Waals surface area contributed by atoms with Crippen molar-refractivity contribution < 1.29 is 27.8 Å². The molecule has 0 spiro atoms. The molecule has 8 nitrogen and oxygen atoms in total. The van der Waals surface area contributed by atoms with Crippen molar-refractivity contribution in [2.45, 2.75) is 37.6 Å². The van der Waals surface area contributed by atoms with E-state index in [4.69, 9.17) is 9.47 Å². The summed E-state index contributed by atoms with van der Waals surface area (Å²) in [4.78, 5) is 5.72. The summed E-state index contributed by atoms with van der Waals surface area (Å²) in [7, 11) is 3.20. The Labute approximate surface area is 224 Å². The van der Waals surface area contributed by atoms with E-state index >= 15 is 0 Å². The molecule has 2 atom stereocenters. The number of alkyl halides is 3. The number of benzene rings is 2. The van der Waals surface area contributed by atoms with Gasteiger partial charge in [-0.3, -0.25) is 4.90 Å². The summed E-state index contributed by atoms with van der Waals surface area (Å²) in [5, 5.41) is 17.3. The molecule has 0 radical (unpaired) electrons. The third kappa shape index (κ3) is 5.50. The zero-order valence-electron chi connectivity index (χ0n) is 21.6. The van der Waals surface area contributed by atoms with Gasteiger partial charge in [-0.15, -0.1) is 5.10 Å². The molecule has 1 fully saturated rings. The number of hydrogen-bond acceptors (Lipinski definition) is 7. The first-order chi connectivity index (χ1) is 18.9. The number of rotatable bonds is 9. The molecule has 2 N–H and O–H groups in total. The van der Waals surface area contributed by atoms with Crippen LogP contribution in [-0.2, 0) is 0 Å². The molecular weight excluding hydrogens is 511 g/mol. The highest BCUT2D eigenvalue weighted by Gasteiger charge is 2.35. The predicted octanol–water partition coefficient (Wildman–Crippen LogP) is 5.26. The number of nitrogens with one attached hydrogen (secondary N) is 1. The van der Waals surface area contributed by atoms with Crippen molar-refractivity contribution in [1.82, 2.24) is 19.5 Å². The maximum Gasteiger partial charge on any atom is 0.268 e. The third-order valence-corrected chi connectivity index (χ3v) is 7.14. The molecule has 2 unspecified atom stereocenters. The minimum absolute atomic E-state index is 0.107. The highest BCUT2D eigenvalue weighted by Crippen LogP contribution is 2.36. The average Bonchev–Trinajstić information content (AvgIpc) is 3.39. The molecule has 5 rings (SSSR count). The topological polar surface area (TPSA) is 84.2 Å². The van der Waals surface area contributed by atoms with Crippen LogP contribution in [0.25, 0.3) is 16.8 Å². The van der Waals surface area contributed by atoms with Crippen molar-refractivity contribution in [3.63, 3.8) is 0 Å². The second-order valence-corrected chi connectivity index (χ2v) is 9.43. The Morgan fingerprint density at radius 2 is 1.72 bits per heavy atom. The minimum atomic E-state index is -3.11. The van der Waals surface area contributed by atoms with Crippen LogP contribution in [0.2, 0.25) is 0 Å². The number of piperidine rings is 1. The molecule has 39 heavy (non-hydrogen) atoms. The first-order valence-corrected chi connectivity index (χ1v) is 12.7. The number of ether oxygens (including phenoxy) is 2. The van der Waals surface area contributed by atoms with Crippen molar-refractivity contribution >= 4 is 17.2 Å². The number of methoxy groups -OCH3 is 2. The van der Waals surface area contributed by atoms with Crippen LogP contribution in [0.3, 0.4) is 0 Å². The maximum atomic E-state index is 14.2. The van der Waals surface area contributed by atoms with E-state index in [-0.39, 0.29) is 19.0 Å². The highest BCUT2D eigenvalue weighted by atomic mass is 19.3. The number of nitrogens with zero attached hydrogens (tertiary/aromatic N) is 4. The lowest BCUT2D eigenvalue weighted by Gasteiger charge is -2.35. The molecule has 3 heterocycles. The Kier molecular flexibility index (Phi) is 7.89. The van der Waals surface area contributed by atoms with E-state index in [9.17, 15) is 18.3 Å². The summed E-state index contributed by atoms with van der Waals surface area (Å²) in [5.41, 5.74) is 4.26. The van der Waals surface area contributed by atoms with Crippen LogP contribution in [0, 0.1) is 0 Å². The van der Waals surface area contributed by atoms with E-state index in [1.54, 1.807) is 24.9 Å². The monoisotopic (exact) mass is 541 g/mol. The Balaban J connectivity index is 1.33. The summed E-state index contributed by atoms with van der Waals surface area (Å²) in [6.45, 7) is 0.550. The van der Waals surface area contributed by atoms with E-state index in [1.807, 2.05) is 54.6 Å². The first kappa shape index (κ1) is 26.8.